The van der Waals surface area contributed by atoms with Gasteiger partial charge >= 0.3 is 51.2 Å². The van der Waals surface area contributed by atoms with E-state index in [4.69, 9.17) is 19.9 Å². The third-order valence-corrected chi connectivity index (χ3v) is 22.9. The van der Waals surface area contributed by atoms with Gasteiger partial charge in [0.15, 0.2) is 46.6 Å². The fraction of sp³-hybridized carbons (Fsp3) is 0. The number of nitrogens with one attached hydrogen (secondary N) is 4. The molecule has 43 heteroatoms. The van der Waals surface area contributed by atoms with Crippen LogP contribution in [0.1, 0.15) is 0 Å². The van der Waals surface area contributed by atoms with E-state index in [1.165, 1.54) is 0 Å². The summed E-state index contributed by atoms with van der Waals surface area (Å²) in [5.41, 5.74) is 3.24. The van der Waals surface area contributed by atoms with Crippen LogP contribution >= 0.6 is 0 Å². The summed E-state index contributed by atoms with van der Waals surface area (Å²) in [4.78, 5) is 56.3. The zero-order valence-corrected chi connectivity index (χ0v) is 60.7. The first kappa shape index (κ1) is 73.4. The first-order valence-corrected chi connectivity index (χ1v) is 38.2. The van der Waals surface area contributed by atoms with Crippen molar-refractivity contribution in [1.82, 2.24) is 79.7 Å². The molecule has 0 saturated carbocycles. The summed E-state index contributed by atoms with van der Waals surface area (Å²) in [5, 5.41) is 0.0401. The van der Waals surface area contributed by atoms with Crippen LogP contribution < -0.4 is 0 Å². The minimum absolute atomic E-state index is 0. The van der Waals surface area contributed by atoms with Gasteiger partial charge in [0.1, 0.15) is 106 Å². The molecule has 3 radical (unpaired) electrons. The van der Waals surface area contributed by atoms with Crippen molar-refractivity contribution in [1.29, 1.82) is 0 Å². The van der Waals surface area contributed by atoms with Crippen LogP contribution in [0, 0.1) is 0 Å². The molecule has 34 nitrogen and oxygen atoms in total. The van der Waals surface area contributed by atoms with Crippen LogP contribution in [0.2, 0.25) is 0 Å². The number of aromatic amines is 4. The monoisotopic (exact) mass is 1670 g/mol. The maximum Gasteiger partial charge on any atom is 2.00 e. The smallest absolute Gasteiger partial charge is 0.744 e. The van der Waals surface area contributed by atoms with E-state index in [-0.39, 0.29) is 97.8 Å². The number of fused-ring (bicyclic) bond motifs is 40. The van der Waals surface area contributed by atoms with Crippen molar-refractivity contribution in [2.75, 3.05) is 0 Å². The minimum Gasteiger partial charge on any atom is -0.744 e. The summed E-state index contributed by atoms with van der Waals surface area (Å²) in [5.74, 6) is 0.410. The Bertz CT molecular complexity index is 7040. The number of hydrogen-bond acceptors (Lipinski definition) is 30. The number of aromatic nitrogens is 16. The van der Waals surface area contributed by atoms with E-state index in [1.807, 2.05) is 48.5 Å². The van der Waals surface area contributed by atoms with E-state index in [0.717, 1.165) is 0 Å². The van der Waals surface area contributed by atoms with Gasteiger partial charge in [-0.3, -0.25) is 0 Å². The molecular formula is C64H30Mn3N16O18S6. The Hall–Kier alpha value is -10.5. The SMILES string of the molecule is O=S(=O)([O-])c1cc2c3nc4nc(nc5[nH]c(nc6nc(nc([nH]3)c2c(S(=O)(=O)[O-])c1S(=O)(=O)[O-])-c1ccccc1-6)c1ccccc51)-c1ccccc1-4.O=S(=O)([O-])c1cc2c3nc4nc(nc5[nH]c(nc6nc(nc([nH]3)c2c(S(=O)(=O)[O-])c1S(=O)(=O)[O-])-c1ccccc1-6)c1ccccc51)-c1ccccc1-4.[Mn+2].[Mn+2].[Mn+2]. The van der Waals surface area contributed by atoms with Gasteiger partial charge in [0.2, 0.25) is 0 Å². The van der Waals surface area contributed by atoms with E-state index in [0.29, 0.717) is 101 Å². The van der Waals surface area contributed by atoms with E-state index >= 15 is 0 Å². The average molecular weight is 1670 g/mol. The molecule has 6 aromatic heterocycles. The van der Waals surface area contributed by atoms with Gasteiger partial charge in [-0.2, -0.15) is 0 Å². The zero-order chi connectivity index (χ0) is 72.6. The van der Waals surface area contributed by atoms with Crippen molar-refractivity contribution < 1.29 is 129 Å². The Morgan fingerprint density at radius 3 is 0.589 bits per heavy atom. The molecule has 0 atom stereocenters. The molecule has 10 heterocycles. The molecule has 531 valence electrons. The second-order valence-corrected chi connectivity index (χ2v) is 31.1. The van der Waals surface area contributed by atoms with Crippen LogP contribution in [0.15, 0.2) is 187 Å². The maximum atomic E-state index is 12.9. The van der Waals surface area contributed by atoms with Crippen molar-refractivity contribution in [2.24, 2.45) is 0 Å². The molecule has 0 unspecified atom stereocenters. The summed E-state index contributed by atoms with van der Waals surface area (Å²) in [7, 11) is -36.1. The number of nitrogens with zero attached hydrogens (tertiary/aromatic N) is 12. The molecule has 4 aliphatic rings. The van der Waals surface area contributed by atoms with E-state index in [2.05, 4.69) is 59.8 Å². The number of H-pyrrole nitrogens is 4. The van der Waals surface area contributed by atoms with Crippen molar-refractivity contribution in [3.8, 4) is 91.1 Å². The minimum atomic E-state index is -6.11. The largest absolute Gasteiger partial charge is 2.00 e. The predicted octanol–water partition coefficient (Wildman–Crippen LogP) is 7.16. The average Bonchev–Trinajstić information content (AvgIpc) is 1.68. The first-order valence-electron chi connectivity index (χ1n) is 29.7. The van der Waals surface area contributed by atoms with Gasteiger partial charge < -0.3 is 47.3 Å². The van der Waals surface area contributed by atoms with E-state index < -0.39 is 134 Å². The van der Waals surface area contributed by atoms with Gasteiger partial charge in [-0.05, 0) is 12.1 Å². The van der Waals surface area contributed by atoms with Crippen molar-refractivity contribution >= 4 is 149 Å². The van der Waals surface area contributed by atoms with Crippen LogP contribution in [0.4, 0.5) is 0 Å². The molecule has 4 N–H and O–H groups in total. The summed E-state index contributed by atoms with van der Waals surface area (Å²) in [6, 6.07) is 42.5. The third kappa shape index (κ3) is 12.4. The van der Waals surface area contributed by atoms with Crippen LogP contribution in [0.25, 0.3) is 179 Å². The Kier molecular flexibility index (Phi) is 17.8. The Morgan fingerprint density at radius 1 is 0.215 bits per heavy atom. The molecule has 107 heavy (non-hydrogen) atoms. The number of hydrogen-bond donors (Lipinski definition) is 4. The maximum absolute atomic E-state index is 12.9. The van der Waals surface area contributed by atoms with Gasteiger partial charge in [-0.15, -0.1) is 0 Å². The third-order valence-electron chi connectivity index (χ3n) is 17.0. The Labute approximate surface area is 630 Å². The summed E-state index contributed by atoms with van der Waals surface area (Å²) < 4.78 is 226. The Balaban J connectivity index is 0.000000175. The topological polar surface area (TPSA) is 561 Å². The predicted molar refractivity (Wildman–Crippen MR) is 360 cm³/mol. The molecule has 16 bridgehead atoms. The molecule has 18 rings (SSSR count). The van der Waals surface area contributed by atoms with Crippen LogP contribution in [-0.4, -0.2) is 158 Å². The van der Waals surface area contributed by atoms with Gasteiger partial charge in [0.25, 0.3) is 0 Å². The van der Waals surface area contributed by atoms with Crippen LogP contribution in [0.5, 0.6) is 0 Å². The fourth-order valence-corrected chi connectivity index (χ4v) is 19.4. The zero-order valence-electron chi connectivity index (χ0n) is 52.3. The second-order valence-electron chi connectivity index (χ2n) is 23.1. The number of benzene rings is 8. The fourth-order valence-electron chi connectivity index (χ4n) is 12.8. The molecular weight excluding hydrogens is 1640 g/mol. The molecule has 0 spiro atoms. The quantitative estimate of drug-likeness (QED) is 0.0947. The van der Waals surface area contributed by atoms with Crippen molar-refractivity contribution in [2.45, 2.75) is 29.4 Å². The van der Waals surface area contributed by atoms with Gasteiger partial charge in [0.05, 0.1) is 29.4 Å². The molecule has 4 aliphatic heterocycles. The van der Waals surface area contributed by atoms with Gasteiger partial charge in [-0.1, -0.05) is 146 Å². The number of rotatable bonds is 6. The van der Waals surface area contributed by atoms with Crippen LogP contribution in [-0.2, 0) is 112 Å². The first-order chi connectivity index (χ1) is 49.3. The molecule has 14 aromatic rings. The van der Waals surface area contributed by atoms with E-state index in [9.17, 15) is 77.8 Å². The summed E-state index contributed by atoms with van der Waals surface area (Å²) in [6.45, 7) is 0. The molecule has 8 aromatic carbocycles. The van der Waals surface area contributed by atoms with E-state index in [1.54, 1.807) is 97.1 Å². The van der Waals surface area contributed by atoms with Gasteiger partial charge in [-0.25, -0.2) is 110 Å². The second kappa shape index (κ2) is 25.9. The van der Waals surface area contributed by atoms with Crippen molar-refractivity contribution in [3.05, 3.63) is 158 Å². The standard InChI is InChI=1S/2C32H18N8O9S3.3Mn/c2*41-50(42,43)21-13-20-22(24(52(47,48)49)23(21)51(44,45)46)32-39-30-19-12-6-5-11-18(19)28(37-30)35-26-15-8-2-1-7-14(15)25(33-26)34-27-16-9-3-4-10-17(16)29(36-27)38-31(20)40-32;;;/h2*1-13H,(H,41,42,43)(H,44,45,46)(H,47,48,49)(H2,33,34,35,36,37,38,39,40);;;/q;;3*+2/p-6. The van der Waals surface area contributed by atoms with Crippen LogP contribution in [0.3, 0.4) is 0 Å². The van der Waals surface area contributed by atoms with Gasteiger partial charge in [0, 0.05) is 87.6 Å². The summed E-state index contributed by atoms with van der Waals surface area (Å²) >= 11 is 0. The normalized spacial score (nSPS) is 12.6. The molecule has 0 saturated heterocycles. The van der Waals surface area contributed by atoms with Crippen molar-refractivity contribution in [3.63, 3.8) is 0 Å². The summed E-state index contributed by atoms with van der Waals surface area (Å²) in [6.07, 6.45) is 0. The molecule has 0 aliphatic carbocycles. The molecule has 0 fully saturated rings. The molecule has 0 amide bonds. The Morgan fingerprint density at radius 2 is 0.393 bits per heavy atom.